The van der Waals surface area contributed by atoms with Crippen LogP contribution < -0.4 is 10.9 Å². The molecule has 1 aromatic heterocycles. The molecule has 0 unspecified atom stereocenters. The van der Waals surface area contributed by atoms with Crippen LogP contribution in [0.2, 0.25) is 0 Å². The molecule has 27 heavy (non-hydrogen) atoms. The van der Waals surface area contributed by atoms with Crippen LogP contribution >= 0.6 is 0 Å². The van der Waals surface area contributed by atoms with Crippen molar-refractivity contribution in [3.05, 3.63) is 75.0 Å². The Kier molecular flexibility index (Phi) is 4.89. The number of hydrogen-bond donors (Lipinski definition) is 2. The van der Waals surface area contributed by atoms with Crippen LogP contribution in [0.4, 0.5) is 5.69 Å². The molecule has 2 N–H and O–H groups in total. The fourth-order valence-corrected chi connectivity index (χ4v) is 2.99. The summed E-state index contributed by atoms with van der Waals surface area (Å²) in [5, 5.41) is 11.8. The van der Waals surface area contributed by atoms with Crippen LogP contribution in [0.5, 0.6) is 0 Å². The van der Waals surface area contributed by atoms with E-state index in [-0.39, 0.29) is 17.7 Å². The molecule has 8 nitrogen and oxygen atoms in total. The van der Waals surface area contributed by atoms with E-state index < -0.39 is 16.7 Å². The van der Waals surface area contributed by atoms with Gasteiger partial charge in [0.15, 0.2) is 0 Å². The number of nitro groups is 1. The third kappa shape index (κ3) is 3.79. The number of carbonyl (C=O) groups excluding carboxylic acids is 2. The molecule has 8 heteroatoms. The minimum absolute atomic E-state index is 0.00589. The highest BCUT2D eigenvalue weighted by molar-refractivity contribution is 5.99. The Morgan fingerprint density at radius 2 is 1.89 bits per heavy atom. The lowest BCUT2D eigenvalue weighted by atomic mass is 10.0. The highest BCUT2D eigenvalue weighted by Crippen LogP contribution is 2.26. The lowest BCUT2D eigenvalue weighted by molar-refractivity contribution is -0.385. The van der Waals surface area contributed by atoms with Crippen molar-refractivity contribution in [1.82, 2.24) is 10.9 Å². The summed E-state index contributed by atoms with van der Waals surface area (Å²) in [6.45, 7) is 3.89. The van der Waals surface area contributed by atoms with Crippen molar-refractivity contribution in [2.24, 2.45) is 0 Å². The lowest BCUT2D eigenvalue weighted by Gasteiger charge is -2.08. The molecule has 138 valence electrons. The van der Waals surface area contributed by atoms with E-state index in [9.17, 15) is 19.7 Å². The zero-order chi connectivity index (χ0) is 19.6. The van der Waals surface area contributed by atoms with Crippen LogP contribution in [0.3, 0.4) is 0 Å². The largest absolute Gasteiger partial charge is 0.464 e. The molecular weight excluding hydrogens is 350 g/mol. The number of benzene rings is 2. The van der Waals surface area contributed by atoms with Gasteiger partial charge in [-0.15, -0.1) is 0 Å². The third-order valence-corrected chi connectivity index (χ3v) is 4.10. The molecular formula is C19H17N3O5. The van der Waals surface area contributed by atoms with Gasteiger partial charge in [0.2, 0.25) is 5.91 Å². The van der Waals surface area contributed by atoms with E-state index in [4.69, 9.17) is 4.42 Å². The molecule has 0 fully saturated rings. The minimum atomic E-state index is -0.764. The summed E-state index contributed by atoms with van der Waals surface area (Å²) in [5.74, 6) is -1.23. The molecule has 3 rings (SSSR count). The third-order valence-electron chi connectivity index (χ3n) is 4.10. The Balaban J connectivity index is 1.69. The summed E-state index contributed by atoms with van der Waals surface area (Å²) in [6, 6.07) is 9.39. The maximum atomic E-state index is 12.2. The van der Waals surface area contributed by atoms with Gasteiger partial charge in [-0.05, 0) is 37.1 Å². The number of carbonyl (C=O) groups is 2. The first-order chi connectivity index (χ1) is 12.9. The Labute approximate surface area is 154 Å². The van der Waals surface area contributed by atoms with E-state index in [0.29, 0.717) is 11.1 Å². The van der Waals surface area contributed by atoms with E-state index in [0.717, 1.165) is 16.5 Å². The van der Waals surface area contributed by atoms with Crippen molar-refractivity contribution < 1.29 is 18.9 Å². The average Bonchev–Trinajstić information content (AvgIpc) is 3.02. The highest BCUT2D eigenvalue weighted by atomic mass is 16.6. The van der Waals surface area contributed by atoms with Crippen LogP contribution in [-0.2, 0) is 11.2 Å². The maximum Gasteiger partial charge on any atom is 0.282 e. The molecule has 2 aromatic carbocycles. The van der Waals surface area contributed by atoms with Gasteiger partial charge in [-0.25, -0.2) is 0 Å². The number of fused-ring (bicyclic) bond motifs is 1. The molecule has 0 radical (unpaired) electrons. The second-order valence-electron chi connectivity index (χ2n) is 6.17. The van der Waals surface area contributed by atoms with Gasteiger partial charge in [0.25, 0.3) is 11.6 Å². The van der Waals surface area contributed by atoms with Gasteiger partial charge < -0.3 is 4.42 Å². The molecule has 0 atom stereocenters. The van der Waals surface area contributed by atoms with Crippen LogP contribution in [0.15, 0.2) is 47.1 Å². The standard InChI is InChI=1S/C19H17N3O5/c1-11-7-12(2)18-13(10-27-16(18)8-11)9-17(23)20-21-19(24)14-5-3-4-6-15(14)22(25)26/h3-8,10H,9H2,1-2H3,(H,20,23)(H,21,24). The van der Waals surface area contributed by atoms with Crippen molar-refractivity contribution >= 4 is 28.5 Å². The fourth-order valence-electron chi connectivity index (χ4n) is 2.99. The quantitative estimate of drug-likeness (QED) is 0.543. The highest BCUT2D eigenvalue weighted by Gasteiger charge is 2.20. The Morgan fingerprint density at radius 3 is 2.63 bits per heavy atom. The topological polar surface area (TPSA) is 114 Å². The minimum Gasteiger partial charge on any atom is -0.464 e. The van der Waals surface area contributed by atoms with E-state index >= 15 is 0 Å². The van der Waals surface area contributed by atoms with Crippen LogP contribution in [0.25, 0.3) is 11.0 Å². The van der Waals surface area contributed by atoms with Gasteiger partial charge in [-0.1, -0.05) is 18.2 Å². The van der Waals surface area contributed by atoms with Crippen molar-refractivity contribution in [2.45, 2.75) is 20.3 Å². The number of rotatable bonds is 4. The van der Waals surface area contributed by atoms with E-state index in [1.807, 2.05) is 26.0 Å². The number of nitrogens with zero attached hydrogens (tertiary/aromatic N) is 1. The van der Waals surface area contributed by atoms with E-state index in [1.165, 1.54) is 30.5 Å². The van der Waals surface area contributed by atoms with Gasteiger partial charge in [0.05, 0.1) is 17.6 Å². The Bertz CT molecular complexity index is 1050. The number of para-hydroxylation sites is 1. The first kappa shape index (κ1) is 18.1. The number of aryl methyl sites for hydroxylation is 2. The van der Waals surface area contributed by atoms with E-state index in [1.54, 1.807) is 0 Å². The molecule has 0 bridgehead atoms. The molecule has 0 aliphatic carbocycles. The first-order valence-electron chi connectivity index (χ1n) is 8.16. The molecule has 0 saturated heterocycles. The normalized spacial score (nSPS) is 10.6. The number of nitro benzene ring substituents is 1. The summed E-state index contributed by atoms with van der Waals surface area (Å²) in [4.78, 5) is 34.6. The predicted molar refractivity (Wildman–Crippen MR) is 98.1 cm³/mol. The first-order valence-corrected chi connectivity index (χ1v) is 8.16. The SMILES string of the molecule is Cc1cc(C)c2c(CC(=O)NNC(=O)c3ccccc3[N+](=O)[O-])coc2c1. The summed E-state index contributed by atoms with van der Waals surface area (Å²) in [6.07, 6.45) is 1.51. The number of furan rings is 1. The Hall–Kier alpha value is -3.68. The van der Waals surface area contributed by atoms with Crippen molar-refractivity contribution in [3.8, 4) is 0 Å². The lowest BCUT2D eigenvalue weighted by Crippen LogP contribution is -2.42. The monoisotopic (exact) mass is 367 g/mol. The zero-order valence-electron chi connectivity index (χ0n) is 14.7. The second kappa shape index (κ2) is 7.28. The molecule has 1 heterocycles. The molecule has 0 saturated carbocycles. The summed E-state index contributed by atoms with van der Waals surface area (Å²) in [7, 11) is 0. The molecule has 0 spiro atoms. The average molecular weight is 367 g/mol. The molecule has 2 amide bonds. The van der Waals surface area contributed by atoms with Crippen molar-refractivity contribution in [3.63, 3.8) is 0 Å². The van der Waals surface area contributed by atoms with Gasteiger partial charge in [-0.3, -0.25) is 30.6 Å². The number of hydrazine groups is 1. The van der Waals surface area contributed by atoms with Gasteiger partial charge >= 0.3 is 0 Å². The predicted octanol–water partition coefficient (Wildman–Crippen LogP) is 2.96. The van der Waals surface area contributed by atoms with Crippen LogP contribution in [0, 0.1) is 24.0 Å². The second-order valence-corrected chi connectivity index (χ2v) is 6.17. The van der Waals surface area contributed by atoms with Crippen molar-refractivity contribution in [2.75, 3.05) is 0 Å². The molecule has 3 aromatic rings. The number of nitrogens with one attached hydrogen (secondary N) is 2. The summed E-state index contributed by atoms with van der Waals surface area (Å²) in [5.41, 5.74) is 7.45. The number of amides is 2. The van der Waals surface area contributed by atoms with Crippen LogP contribution in [0.1, 0.15) is 27.0 Å². The summed E-state index contributed by atoms with van der Waals surface area (Å²) >= 11 is 0. The Morgan fingerprint density at radius 1 is 1.15 bits per heavy atom. The summed E-state index contributed by atoms with van der Waals surface area (Å²) < 4.78 is 5.51. The van der Waals surface area contributed by atoms with Crippen molar-refractivity contribution in [1.29, 1.82) is 0 Å². The maximum absolute atomic E-state index is 12.2. The number of hydrogen-bond acceptors (Lipinski definition) is 5. The van der Waals surface area contributed by atoms with E-state index in [2.05, 4.69) is 10.9 Å². The van der Waals surface area contributed by atoms with Crippen LogP contribution in [-0.4, -0.2) is 16.7 Å². The fraction of sp³-hybridized carbons (Fsp3) is 0.158. The van der Waals surface area contributed by atoms with Gasteiger partial charge in [0, 0.05) is 17.0 Å². The molecule has 0 aliphatic heterocycles. The smallest absolute Gasteiger partial charge is 0.282 e. The zero-order valence-corrected chi connectivity index (χ0v) is 14.7. The van der Waals surface area contributed by atoms with Gasteiger partial charge in [-0.2, -0.15) is 0 Å². The molecule has 0 aliphatic rings. The van der Waals surface area contributed by atoms with Gasteiger partial charge in [0.1, 0.15) is 11.1 Å².